The number of hydrogen-bond acceptors (Lipinski definition) is 16. The third-order valence-electron chi connectivity index (χ3n) is 9.93. The highest BCUT2D eigenvalue weighted by Crippen LogP contribution is 2.26. The molecule has 316 valence electrons. The summed E-state index contributed by atoms with van der Waals surface area (Å²) in [6.45, 7) is 1.28. The summed E-state index contributed by atoms with van der Waals surface area (Å²) in [6.07, 6.45) is 3.28. The lowest BCUT2D eigenvalue weighted by molar-refractivity contribution is -0.309. The molecule has 0 aromatic heterocycles. The molecule has 2 rings (SSSR count). The minimum Gasteiger partial charge on any atom is -0.396 e. The summed E-state index contributed by atoms with van der Waals surface area (Å²) < 4.78 is 39.3. The summed E-state index contributed by atoms with van der Waals surface area (Å²) in [6, 6.07) is 0. The van der Waals surface area contributed by atoms with E-state index < -0.39 is 86.6 Å². The van der Waals surface area contributed by atoms with Crippen molar-refractivity contribution in [2.75, 3.05) is 72.7 Å². The Bertz CT molecular complexity index is 871. The van der Waals surface area contributed by atoms with Crippen LogP contribution in [-0.2, 0) is 33.2 Å². The van der Waals surface area contributed by atoms with Crippen molar-refractivity contribution in [3.8, 4) is 0 Å². The Morgan fingerprint density at radius 3 is 1.32 bits per heavy atom. The van der Waals surface area contributed by atoms with Crippen LogP contribution in [0.5, 0.6) is 0 Å². The molecule has 0 radical (unpaired) electrons. The highest BCUT2D eigenvalue weighted by molar-refractivity contribution is 4.90. The van der Waals surface area contributed by atoms with Crippen LogP contribution in [0.1, 0.15) is 96.8 Å². The highest BCUT2D eigenvalue weighted by Gasteiger charge is 2.46. The van der Waals surface area contributed by atoms with Crippen LogP contribution < -0.4 is 0 Å². The normalized spacial score (nSPS) is 30.5. The molecular formula is C37H72O16. The van der Waals surface area contributed by atoms with Crippen LogP contribution in [0.3, 0.4) is 0 Å². The van der Waals surface area contributed by atoms with Crippen LogP contribution in [-0.4, -0.2) is 180 Å². The van der Waals surface area contributed by atoms with Gasteiger partial charge in [-0.05, 0) is 6.42 Å². The molecule has 11 atom stereocenters. The molecule has 2 fully saturated rings. The van der Waals surface area contributed by atoms with Gasteiger partial charge in [0.25, 0.3) is 0 Å². The molecule has 9 N–H and O–H groups in total. The zero-order valence-electron chi connectivity index (χ0n) is 31.8. The van der Waals surface area contributed by atoms with Gasteiger partial charge in [-0.3, -0.25) is 0 Å². The molecular weight excluding hydrogens is 700 g/mol. The van der Waals surface area contributed by atoms with Crippen LogP contribution in [0, 0.1) is 5.41 Å². The molecule has 0 saturated carbocycles. The molecule has 2 aliphatic rings. The maximum Gasteiger partial charge on any atom is 0.186 e. The maximum atomic E-state index is 10.5. The maximum absolute atomic E-state index is 10.5. The fourth-order valence-electron chi connectivity index (χ4n) is 6.35. The summed E-state index contributed by atoms with van der Waals surface area (Å²) in [5.74, 6) is 0. The number of aliphatic hydroxyl groups excluding tert-OH is 9. The lowest BCUT2D eigenvalue weighted by Crippen LogP contribution is -2.59. The molecule has 0 aromatic rings. The molecule has 2 saturated heterocycles. The second-order valence-electron chi connectivity index (χ2n) is 14.5. The Kier molecular flexibility index (Phi) is 26.3. The Morgan fingerprint density at radius 1 is 0.434 bits per heavy atom. The second-order valence-corrected chi connectivity index (χ2v) is 14.5. The number of ether oxygens (including phenoxy) is 7. The van der Waals surface area contributed by atoms with E-state index in [0.29, 0.717) is 6.61 Å². The summed E-state index contributed by atoms with van der Waals surface area (Å²) in [5, 5.41) is 89.9. The first kappa shape index (κ1) is 48.5. The minimum atomic E-state index is -1.61. The molecule has 16 nitrogen and oxygen atoms in total. The fourth-order valence-corrected chi connectivity index (χ4v) is 6.35. The minimum absolute atomic E-state index is 0.0234. The van der Waals surface area contributed by atoms with E-state index in [9.17, 15) is 46.0 Å². The van der Waals surface area contributed by atoms with Gasteiger partial charge in [0.15, 0.2) is 12.6 Å². The Hall–Kier alpha value is -0.640. The van der Waals surface area contributed by atoms with Gasteiger partial charge in [-0.1, -0.05) is 90.4 Å². The summed E-state index contributed by atoms with van der Waals surface area (Å²) in [4.78, 5) is 0. The van der Waals surface area contributed by atoms with Crippen molar-refractivity contribution in [1.29, 1.82) is 0 Å². The van der Waals surface area contributed by atoms with Crippen molar-refractivity contribution >= 4 is 0 Å². The standard InChI is InChI=1S/C37H72O16/c1-2-3-4-5-6-7-8-9-10-11-12-13-14-15-16-48-24-37(23-40,26-51-36-34(46)32(44)30(42)28(22-39)53-36)25-49-18-17-47-19-20-50-35-33(45)31(43)29(41)27(21-38)52-35/h27-36,38-46H,2-26H2,1H3/t27-,28-,29-,30-,31+,32+,33+,34+,35+,36+,37?/m1/s1. The Balaban J connectivity index is 1.72. The first-order valence-electron chi connectivity index (χ1n) is 19.8. The topological polar surface area (TPSA) is 247 Å². The van der Waals surface area contributed by atoms with E-state index in [-0.39, 0.29) is 46.2 Å². The van der Waals surface area contributed by atoms with E-state index >= 15 is 0 Å². The predicted molar refractivity (Wildman–Crippen MR) is 192 cm³/mol. The first-order valence-corrected chi connectivity index (χ1v) is 19.8. The summed E-state index contributed by atoms with van der Waals surface area (Å²) in [5.41, 5.74) is -1.08. The van der Waals surface area contributed by atoms with E-state index in [1.165, 1.54) is 70.6 Å². The highest BCUT2D eigenvalue weighted by atomic mass is 16.7. The first-order chi connectivity index (χ1) is 25.6. The van der Waals surface area contributed by atoms with E-state index in [1.54, 1.807) is 0 Å². The van der Waals surface area contributed by atoms with E-state index in [1.807, 2.05) is 0 Å². The zero-order valence-corrected chi connectivity index (χ0v) is 31.8. The van der Waals surface area contributed by atoms with Crippen molar-refractivity contribution in [1.82, 2.24) is 0 Å². The van der Waals surface area contributed by atoms with Crippen LogP contribution in [0.2, 0.25) is 0 Å². The molecule has 0 spiro atoms. The Morgan fingerprint density at radius 2 is 0.849 bits per heavy atom. The zero-order chi connectivity index (χ0) is 38.9. The van der Waals surface area contributed by atoms with Crippen molar-refractivity contribution in [3.63, 3.8) is 0 Å². The quantitative estimate of drug-likeness (QED) is 0.0413. The number of unbranched alkanes of at least 4 members (excludes halogenated alkanes) is 13. The third-order valence-corrected chi connectivity index (χ3v) is 9.93. The summed E-state index contributed by atoms with van der Waals surface area (Å²) in [7, 11) is 0. The van der Waals surface area contributed by atoms with Gasteiger partial charge in [-0.25, -0.2) is 0 Å². The largest absolute Gasteiger partial charge is 0.396 e. The van der Waals surface area contributed by atoms with Crippen LogP contribution in [0.4, 0.5) is 0 Å². The van der Waals surface area contributed by atoms with Crippen LogP contribution >= 0.6 is 0 Å². The lowest BCUT2D eigenvalue weighted by Gasteiger charge is -2.41. The SMILES string of the molecule is CCCCCCCCCCCCCCCCOCC(CO)(COCCOCCO[C@H]1O[C@H](CO)[C@@H](O)[C@H](O)[C@@H]1O)CO[C@H]1O[C@H](CO)[C@@H](O)[C@H](O)[C@@H]1O. The molecule has 0 aliphatic carbocycles. The molecule has 2 aliphatic heterocycles. The van der Waals surface area contributed by atoms with E-state index in [2.05, 4.69) is 6.92 Å². The molecule has 0 amide bonds. The van der Waals surface area contributed by atoms with Crippen LogP contribution in [0.25, 0.3) is 0 Å². The van der Waals surface area contributed by atoms with E-state index in [0.717, 1.165) is 19.3 Å². The van der Waals surface area contributed by atoms with Crippen molar-refractivity contribution in [2.24, 2.45) is 5.41 Å². The average molecular weight is 773 g/mol. The van der Waals surface area contributed by atoms with Crippen molar-refractivity contribution < 1.29 is 79.1 Å². The number of rotatable bonds is 32. The van der Waals surface area contributed by atoms with Gasteiger partial charge < -0.3 is 79.1 Å². The molecule has 53 heavy (non-hydrogen) atoms. The van der Waals surface area contributed by atoms with E-state index in [4.69, 9.17) is 33.2 Å². The second kappa shape index (κ2) is 28.7. The van der Waals surface area contributed by atoms with Gasteiger partial charge in [0.2, 0.25) is 0 Å². The van der Waals surface area contributed by atoms with Gasteiger partial charge in [0.05, 0.1) is 71.5 Å². The van der Waals surface area contributed by atoms with Crippen molar-refractivity contribution in [3.05, 3.63) is 0 Å². The van der Waals surface area contributed by atoms with Crippen LogP contribution in [0.15, 0.2) is 0 Å². The van der Waals surface area contributed by atoms with Gasteiger partial charge in [0.1, 0.15) is 48.8 Å². The number of aliphatic hydroxyl groups is 9. The van der Waals surface area contributed by atoms with Gasteiger partial charge in [-0.15, -0.1) is 0 Å². The van der Waals surface area contributed by atoms with Gasteiger partial charge >= 0.3 is 0 Å². The Labute approximate surface area is 315 Å². The molecule has 0 bridgehead atoms. The molecule has 16 heteroatoms. The fraction of sp³-hybridized carbons (Fsp3) is 1.00. The smallest absolute Gasteiger partial charge is 0.186 e. The van der Waals surface area contributed by atoms with Crippen molar-refractivity contribution in [2.45, 2.75) is 158 Å². The number of hydrogen-bond donors (Lipinski definition) is 9. The van der Waals surface area contributed by atoms with Gasteiger partial charge in [-0.2, -0.15) is 0 Å². The monoisotopic (exact) mass is 772 g/mol. The molecule has 0 aromatic carbocycles. The molecule has 2 heterocycles. The molecule has 1 unspecified atom stereocenters. The summed E-state index contributed by atoms with van der Waals surface area (Å²) >= 11 is 0. The average Bonchev–Trinajstić information content (AvgIpc) is 3.17. The third kappa shape index (κ3) is 18.0. The predicted octanol–water partition coefficient (Wildman–Crippen LogP) is 0.129. The lowest BCUT2D eigenvalue weighted by atomic mass is 9.92. The van der Waals surface area contributed by atoms with Gasteiger partial charge in [0, 0.05) is 6.61 Å².